The SMILES string of the molecule is C#CCNCC(=O)NC(C)c1cccc([N+](=O)[O-])c1. The van der Waals surface area contributed by atoms with Crippen LogP contribution in [0.4, 0.5) is 5.69 Å². The summed E-state index contributed by atoms with van der Waals surface area (Å²) >= 11 is 0. The van der Waals surface area contributed by atoms with Gasteiger partial charge in [-0.3, -0.25) is 20.2 Å². The van der Waals surface area contributed by atoms with Crippen molar-refractivity contribution >= 4 is 11.6 Å². The lowest BCUT2D eigenvalue weighted by Crippen LogP contribution is -2.35. The summed E-state index contributed by atoms with van der Waals surface area (Å²) in [5, 5.41) is 16.2. The molecule has 1 unspecified atom stereocenters. The predicted octanol–water partition coefficient (Wildman–Crippen LogP) is 0.995. The van der Waals surface area contributed by atoms with Crippen molar-refractivity contribution in [3.05, 3.63) is 39.9 Å². The van der Waals surface area contributed by atoms with Crippen LogP contribution in [0.25, 0.3) is 0 Å². The average molecular weight is 261 g/mol. The average Bonchev–Trinajstić information content (AvgIpc) is 2.39. The van der Waals surface area contributed by atoms with E-state index in [1.165, 1.54) is 12.1 Å². The maximum atomic E-state index is 11.5. The van der Waals surface area contributed by atoms with Crippen molar-refractivity contribution in [2.45, 2.75) is 13.0 Å². The van der Waals surface area contributed by atoms with Gasteiger partial charge in [-0.1, -0.05) is 18.1 Å². The molecule has 100 valence electrons. The first-order valence-electron chi connectivity index (χ1n) is 5.72. The van der Waals surface area contributed by atoms with E-state index < -0.39 is 4.92 Å². The molecule has 1 amide bonds. The van der Waals surface area contributed by atoms with Crippen LogP contribution in [-0.2, 0) is 4.79 Å². The fourth-order valence-electron chi connectivity index (χ4n) is 1.53. The molecule has 6 nitrogen and oxygen atoms in total. The van der Waals surface area contributed by atoms with Crippen LogP contribution >= 0.6 is 0 Å². The Labute approximate surface area is 111 Å². The number of benzene rings is 1. The van der Waals surface area contributed by atoms with E-state index in [-0.39, 0.29) is 24.2 Å². The first-order chi connectivity index (χ1) is 9.04. The van der Waals surface area contributed by atoms with Gasteiger partial charge in [0.05, 0.1) is 24.1 Å². The molecular formula is C13H15N3O3. The monoisotopic (exact) mass is 261 g/mol. The van der Waals surface area contributed by atoms with E-state index in [1.807, 2.05) is 0 Å². The third kappa shape index (κ3) is 4.77. The predicted molar refractivity (Wildman–Crippen MR) is 71.4 cm³/mol. The molecule has 1 aromatic rings. The molecule has 0 saturated carbocycles. The minimum Gasteiger partial charge on any atom is -0.348 e. The maximum absolute atomic E-state index is 11.5. The van der Waals surface area contributed by atoms with Gasteiger partial charge in [-0.2, -0.15) is 0 Å². The summed E-state index contributed by atoms with van der Waals surface area (Å²) in [5.41, 5.74) is 0.684. The van der Waals surface area contributed by atoms with Gasteiger partial charge in [-0.05, 0) is 12.5 Å². The molecule has 2 N–H and O–H groups in total. The highest BCUT2D eigenvalue weighted by Crippen LogP contribution is 2.18. The number of terminal acetylenes is 1. The van der Waals surface area contributed by atoms with Crippen molar-refractivity contribution in [1.82, 2.24) is 10.6 Å². The minimum absolute atomic E-state index is 0.00376. The van der Waals surface area contributed by atoms with Gasteiger partial charge in [0.2, 0.25) is 5.91 Å². The number of nitrogens with zero attached hydrogens (tertiary/aromatic N) is 1. The molecule has 19 heavy (non-hydrogen) atoms. The summed E-state index contributed by atoms with van der Waals surface area (Å²) < 4.78 is 0. The third-order valence-electron chi connectivity index (χ3n) is 2.47. The molecule has 0 fully saturated rings. The fourth-order valence-corrected chi connectivity index (χ4v) is 1.53. The molecule has 0 radical (unpaired) electrons. The summed E-state index contributed by atoms with van der Waals surface area (Å²) in [6.45, 7) is 2.19. The third-order valence-corrected chi connectivity index (χ3v) is 2.47. The van der Waals surface area contributed by atoms with Crippen molar-refractivity contribution in [3.8, 4) is 12.3 Å². The highest BCUT2D eigenvalue weighted by atomic mass is 16.6. The Balaban J connectivity index is 2.60. The number of rotatable bonds is 6. The van der Waals surface area contributed by atoms with E-state index in [0.717, 1.165) is 0 Å². The van der Waals surface area contributed by atoms with Crippen molar-refractivity contribution in [2.75, 3.05) is 13.1 Å². The van der Waals surface area contributed by atoms with Gasteiger partial charge in [-0.15, -0.1) is 6.42 Å². The van der Waals surface area contributed by atoms with Crippen molar-refractivity contribution in [3.63, 3.8) is 0 Å². The zero-order valence-electron chi connectivity index (χ0n) is 10.6. The Morgan fingerprint density at radius 2 is 2.32 bits per heavy atom. The number of nitro groups is 1. The summed E-state index contributed by atoms with van der Waals surface area (Å²) in [6, 6.07) is 5.87. The number of nitro benzene ring substituents is 1. The Hall–Kier alpha value is -2.39. The fraction of sp³-hybridized carbons (Fsp3) is 0.308. The van der Waals surface area contributed by atoms with Gasteiger partial charge in [-0.25, -0.2) is 0 Å². The van der Waals surface area contributed by atoms with Crippen LogP contribution in [0.15, 0.2) is 24.3 Å². The van der Waals surface area contributed by atoms with Crippen LogP contribution in [0.3, 0.4) is 0 Å². The Kier molecular flexibility index (Phi) is 5.51. The quantitative estimate of drug-likeness (QED) is 0.346. The molecule has 1 aromatic carbocycles. The molecule has 0 aliphatic carbocycles. The minimum atomic E-state index is -0.466. The Morgan fingerprint density at radius 1 is 1.58 bits per heavy atom. The highest BCUT2D eigenvalue weighted by molar-refractivity contribution is 5.78. The zero-order chi connectivity index (χ0) is 14.3. The smallest absolute Gasteiger partial charge is 0.269 e. The number of hydrogen-bond acceptors (Lipinski definition) is 4. The van der Waals surface area contributed by atoms with Gasteiger partial charge in [0.1, 0.15) is 0 Å². The normalized spacial score (nSPS) is 11.4. The lowest BCUT2D eigenvalue weighted by Gasteiger charge is -2.14. The van der Waals surface area contributed by atoms with Crippen LogP contribution in [0.5, 0.6) is 0 Å². The van der Waals surface area contributed by atoms with E-state index in [1.54, 1.807) is 19.1 Å². The van der Waals surface area contributed by atoms with Crippen LogP contribution < -0.4 is 10.6 Å². The summed E-state index contributed by atoms with van der Waals surface area (Å²) in [6.07, 6.45) is 5.04. The van der Waals surface area contributed by atoms with Crippen LogP contribution in [0, 0.1) is 22.5 Å². The Bertz CT molecular complexity index is 508. The molecule has 0 saturated heterocycles. The number of carbonyl (C=O) groups is 1. The lowest BCUT2D eigenvalue weighted by atomic mass is 10.1. The second kappa shape index (κ2) is 7.13. The number of nitrogens with one attached hydrogen (secondary N) is 2. The molecule has 0 aliphatic rings. The van der Waals surface area contributed by atoms with Gasteiger partial charge >= 0.3 is 0 Å². The van der Waals surface area contributed by atoms with Gasteiger partial charge in [0.15, 0.2) is 0 Å². The summed E-state index contributed by atoms with van der Waals surface area (Å²) in [5.74, 6) is 2.15. The first kappa shape index (κ1) is 14.7. The largest absolute Gasteiger partial charge is 0.348 e. The molecule has 0 heterocycles. The topological polar surface area (TPSA) is 84.3 Å². The second-order valence-corrected chi connectivity index (χ2v) is 3.95. The number of amides is 1. The van der Waals surface area contributed by atoms with Crippen molar-refractivity contribution in [1.29, 1.82) is 0 Å². The molecule has 0 bridgehead atoms. The van der Waals surface area contributed by atoms with Gasteiger partial charge in [0, 0.05) is 12.1 Å². The zero-order valence-corrected chi connectivity index (χ0v) is 10.6. The van der Waals surface area contributed by atoms with Gasteiger partial charge < -0.3 is 5.32 Å². The molecule has 0 spiro atoms. The standard InChI is InChI=1S/C13H15N3O3/c1-3-7-14-9-13(17)15-10(2)11-5-4-6-12(8-11)16(18)19/h1,4-6,8,10,14H,7,9H2,2H3,(H,15,17). The Morgan fingerprint density at radius 3 is 2.95 bits per heavy atom. The molecule has 6 heteroatoms. The van der Waals surface area contributed by atoms with Gasteiger partial charge in [0.25, 0.3) is 5.69 Å². The number of hydrogen-bond donors (Lipinski definition) is 2. The maximum Gasteiger partial charge on any atom is 0.269 e. The van der Waals surface area contributed by atoms with E-state index in [0.29, 0.717) is 12.1 Å². The lowest BCUT2D eigenvalue weighted by molar-refractivity contribution is -0.384. The summed E-state index contributed by atoms with van der Waals surface area (Å²) in [7, 11) is 0. The van der Waals surface area contributed by atoms with E-state index >= 15 is 0 Å². The van der Waals surface area contributed by atoms with E-state index in [2.05, 4.69) is 16.6 Å². The van der Waals surface area contributed by atoms with Crippen LogP contribution in [-0.4, -0.2) is 23.9 Å². The molecule has 0 aromatic heterocycles. The van der Waals surface area contributed by atoms with E-state index in [9.17, 15) is 14.9 Å². The van der Waals surface area contributed by atoms with E-state index in [4.69, 9.17) is 6.42 Å². The van der Waals surface area contributed by atoms with Crippen LogP contribution in [0.1, 0.15) is 18.5 Å². The van der Waals surface area contributed by atoms with Crippen molar-refractivity contribution in [2.24, 2.45) is 0 Å². The second-order valence-electron chi connectivity index (χ2n) is 3.95. The first-order valence-corrected chi connectivity index (χ1v) is 5.72. The van der Waals surface area contributed by atoms with Crippen LogP contribution in [0.2, 0.25) is 0 Å². The highest BCUT2D eigenvalue weighted by Gasteiger charge is 2.12. The molecular weight excluding hydrogens is 246 g/mol. The summed E-state index contributed by atoms with van der Waals surface area (Å²) in [4.78, 5) is 21.7. The molecule has 0 aliphatic heterocycles. The van der Waals surface area contributed by atoms with Crippen molar-refractivity contribution < 1.29 is 9.72 Å². The number of carbonyl (C=O) groups excluding carboxylic acids is 1. The molecule has 1 atom stereocenters. The molecule has 1 rings (SSSR count). The number of non-ortho nitro benzene ring substituents is 1.